The molecular weight excluding hydrogens is 372 g/mol. The van der Waals surface area contributed by atoms with Crippen LogP contribution >= 0.6 is 23.2 Å². The summed E-state index contributed by atoms with van der Waals surface area (Å²) < 4.78 is 41.7. The molecule has 0 aliphatic rings. The Kier molecular flexibility index (Phi) is 7.15. The number of carbonyl (C=O) groups is 1. The molecule has 0 aliphatic carbocycles. The summed E-state index contributed by atoms with van der Waals surface area (Å²) in [6.07, 6.45) is -3.72. The molecule has 0 aromatic heterocycles. The first kappa shape index (κ1) is 20.8. The zero-order valence-corrected chi connectivity index (χ0v) is 14.2. The number of aliphatic hydroxyl groups is 1. The third-order valence-electron chi connectivity index (χ3n) is 3.09. The molecule has 0 spiro atoms. The molecule has 1 unspecified atom stereocenters. The van der Waals surface area contributed by atoms with Crippen molar-refractivity contribution in [3.63, 3.8) is 0 Å². The van der Waals surface area contributed by atoms with Crippen LogP contribution in [0.1, 0.15) is 25.3 Å². The number of ether oxygens (including phenoxy) is 1. The Morgan fingerprint density at radius 2 is 1.88 bits per heavy atom. The number of nitrogens with one attached hydrogen (secondary N) is 1. The summed E-state index contributed by atoms with van der Waals surface area (Å²) >= 11 is 11.7. The van der Waals surface area contributed by atoms with E-state index in [1.165, 1.54) is 0 Å². The smallest absolute Gasteiger partial charge is 0.421 e. The Bertz CT molecular complexity index is 576. The summed E-state index contributed by atoms with van der Waals surface area (Å²) in [5.41, 5.74) is 5.32. The van der Waals surface area contributed by atoms with Gasteiger partial charge in [0.25, 0.3) is 5.79 Å². The number of benzene rings is 1. The highest BCUT2D eigenvalue weighted by molar-refractivity contribution is 6.38. The van der Waals surface area contributed by atoms with Crippen LogP contribution in [0.25, 0.3) is 0 Å². The zero-order valence-electron chi connectivity index (χ0n) is 12.7. The predicted octanol–water partition coefficient (Wildman–Crippen LogP) is 3.22. The minimum Gasteiger partial charge on any atom is -0.421 e. The number of halogens is 5. The summed E-state index contributed by atoms with van der Waals surface area (Å²) in [5.74, 6) is -5.15. The molecule has 4 N–H and O–H groups in total. The van der Waals surface area contributed by atoms with E-state index < -0.39 is 24.5 Å². The van der Waals surface area contributed by atoms with Crippen molar-refractivity contribution < 1.29 is 27.8 Å². The lowest BCUT2D eigenvalue weighted by Crippen LogP contribution is -2.45. The van der Waals surface area contributed by atoms with Crippen molar-refractivity contribution in [3.05, 3.63) is 27.7 Å². The monoisotopic (exact) mass is 388 g/mol. The van der Waals surface area contributed by atoms with E-state index in [-0.39, 0.29) is 21.3 Å². The Labute approximate surface area is 146 Å². The van der Waals surface area contributed by atoms with Crippen LogP contribution < -0.4 is 11.1 Å². The highest BCUT2D eigenvalue weighted by atomic mass is 35.5. The second kappa shape index (κ2) is 8.24. The van der Waals surface area contributed by atoms with E-state index in [0.717, 1.165) is 18.6 Å². The van der Waals surface area contributed by atoms with Crippen LogP contribution in [0.5, 0.6) is 0 Å². The van der Waals surface area contributed by atoms with Crippen LogP contribution in [0, 0.1) is 0 Å². The molecule has 1 atom stereocenters. The molecule has 0 heterocycles. The minimum atomic E-state index is -5.27. The Morgan fingerprint density at radius 1 is 1.33 bits per heavy atom. The van der Waals surface area contributed by atoms with Crippen molar-refractivity contribution in [1.29, 1.82) is 0 Å². The number of hydrogen-bond acceptors (Lipinski definition) is 5. The number of carbonyl (C=O) groups excluding carboxylic acids is 1. The number of hydrogen-bond donors (Lipinski definition) is 3. The van der Waals surface area contributed by atoms with Gasteiger partial charge >= 0.3 is 12.1 Å². The molecule has 1 aromatic rings. The van der Waals surface area contributed by atoms with Crippen LogP contribution in [0.4, 0.5) is 18.9 Å². The summed E-state index contributed by atoms with van der Waals surface area (Å²) in [4.78, 5) is 11.2. The standard InChI is InChI=1S/C14H17Cl2F3N2O3/c1-2-3-4-21-7-13(23,24-12(22)14(17,18)19)8-5-9(15)11(20)10(16)6-8/h5-6,21,23H,2-4,7,20H2,1H3. The van der Waals surface area contributed by atoms with Gasteiger partial charge in [0.15, 0.2) is 0 Å². The van der Waals surface area contributed by atoms with Gasteiger partial charge < -0.3 is 20.9 Å². The van der Waals surface area contributed by atoms with Gasteiger partial charge in [0.05, 0.1) is 22.3 Å². The number of rotatable bonds is 7. The van der Waals surface area contributed by atoms with Crippen LogP contribution in [0.15, 0.2) is 12.1 Å². The molecule has 1 aromatic carbocycles. The summed E-state index contributed by atoms with van der Waals surface area (Å²) in [7, 11) is 0. The maximum Gasteiger partial charge on any atom is 0.491 e. The van der Waals surface area contributed by atoms with Crippen molar-refractivity contribution in [3.8, 4) is 0 Å². The molecule has 0 saturated carbocycles. The maximum absolute atomic E-state index is 12.5. The average Bonchev–Trinajstić information content (AvgIpc) is 2.47. The molecule has 1 rings (SSSR count). The van der Waals surface area contributed by atoms with Crippen molar-refractivity contribution in [2.45, 2.75) is 31.7 Å². The molecule has 5 nitrogen and oxygen atoms in total. The predicted molar refractivity (Wildman–Crippen MR) is 84.7 cm³/mol. The van der Waals surface area contributed by atoms with Crippen molar-refractivity contribution in [2.24, 2.45) is 0 Å². The SMILES string of the molecule is CCCCNCC(O)(OC(=O)C(F)(F)F)c1cc(Cl)c(N)c(Cl)c1. The van der Waals surface area contributed by atoms with Gasteiger partial charge in [-0.1, -0.05) is 36.5 Å². The number of unbranched alkanes of at least 4 members (excludes halogenated alkanes) is 1. The molecule has 0 radical (unpaired) electrons. The van der Waals surface area contributed by atoms with E-state index in [1.807, 2.05) is 6.92 Å². The molecule has 0 saturated heterocycles. The van der Waals surface area contributed by atoms with E-state index in [0.29, 0.717) is 13.0 Å². The fraction of sp³-hybridized carbons (Fsp3) is 0.500. The number of alkyl halides is 3. The van der Waals surface area contributed by atoms with Crippen molar-refractivity contribution in [2.75, 3.05) is 18.8 Å². The number of nitrogen functional groups attached to an aromatic ring is 1. The van der Waals surface area contributed by atoms with E-state index >= 15 is 0 Å². The molecule has 136 valence electrons. The van der Waals surface area contributed by atoms with Gasteiger partial charge in [-0.2, -0.15) is 13.2 Å². The fourth-order valence-electron chi connectivity index (χ4n) is 1.78. The van der Waals surface area contributed by atoms with Crippen molar-refractivity contribution in [1.82, 2.24) is 5.32 Å². The second-order valence-electron chi connectivity index (χ2n) is 5.06. The van der Waals surface area contributed by atoms with Gasteiger partial charge in [-0.05, 0) is 25.1 Å². The largest absolute Gasteiger partial charge is 0.491 e. The highest BCUT2D eigenvalue weighted by Gasteiger charge is 2.47. The van der Waals surface area contributed by atoms with Gasteiger partial charge in [-0.25, -0.2) is 4.79 Å². The molecule has 24 heavy (non-hydrogen) atoms. The average molecular weight is 389 g/mol. The molecule has 10 heteroatoms. The van der Waals surface area contributed by atoms with Gasteiger partial charge in [-0.15, -0.1) is 0 Å². The van der Waals surface area contributed by atoms with Crippen molar-refractivity contribution >= 4 is 34.9 Å². The molecule has 0 amide bonds. The number of esters is 1. The lowest BCUT2D eigenvalue weighted by Gasteiger charge is -2.29. The van der Waals surface area contributed by atoms with Gasteiger partial charge in [0, 0.05) is 5.56 Å². The maximum atomic E-state index is 12.5. The van der Waals surface area contributed by atoms with Crippen LogP contribution in [0.2, 0.25) is 10.0 Å². The summed E-state index contributed by atoms with van der Waals surface area (Å²) in [5, 5.41) is 13.0. The Balaban J connectivity index is 3.14. The third kappa shape index (κ3) is 5.41. The fourth-order valence-corrected chi connectivity index (χ4v) is 2.26. The third-order valence-corrected chi connectivity index (χ3v) is 3.72. The second-order valence-corrected chi connectivity index (χ2v) is 5.87. The summed E-state index contributed by atoms with van der Waals surface area (Å²) in [6, 6.07) is 2.18. The first-order chi connectivity index (χ1) is 11.0. The first-order valence-corrected chi connectivity index (χ1v) is 7.75. The van der Waals surface area contributed by atoms with E-state index in [4.69, 9.17) is 28.9 Å². The van der Waals surface area contributed by atoms with Crippen LogP contribution in [0.3, 0.4) is 0 Å². The topological polar surface area (TPSA) is 84.6 Å². The number of nitrogens with two attached hydrogens (primary N) is 1. The molecule has 0 bridgehead atoms. The molecule has 0 aliphatic heterocycles. The Hall–Kier alpha value is -1.22. The normalized spacial score (nSPS) is 14.3. The van der Waals surface area contributed by atoms with E-state index in [1.54, 1.807) is 0 Å². The molecular formula is C14H17Cl2F3N2O3. The minimum absolute atomic E-state index is 0.00877. The quantitative estimate of drug-likeness (QED) is 0.289. The first-order valence-electron chi connectivity index (χ1n) is 6.99. The van der Waals surface area contributed by atoms with E-state index in [9.17, 15) is 23.1 Å². The Morgan fingerprint density at radius 3 is 2.33 bits per heavy atom. The zero-order chi connectivity index (χ0) is 18.5. The van der Waals surface area contributed by atoms with Crippen LogP contribution in [-0.2, 0) is 15.3 Å². The van der Waals surface area contributed by atoms with Gasteiger partial charge in [0.1, 0.15) is 0 Å². The molecule has 0 fully saturated rings. The lowest BCUT2D eigenvalue weighted by molar-refractivity contribution is -0.251. The van der Waals surface area contributed by atoms with Crippen LogP contribution in [-0.4, -0.2) is 30.3 Å². The highest BCUT2D eigenvalue weighted by Crippen LogP contribution is 2.35. The van der Waals surface area contributed by atoms with E-state index in [2.05, 4.69) is 10.1 Å². The van der Waals surface area contributed by atoms with Gasteiger partial charge in [-0.3, -0.25) is 0 Å². The van der Waals surface area contributed by atoms with Gasteiger partial charge in [0.2, 0.25) is 0 Å². The lowest BCUT2D eigenvalue weighted by atomic mass is 10.0. The summed E-state index contributed by atoms with van der Waals surface area (Å²) in [6.45, 7) is 1.83. The number of anilines is 1.